The summed E-state index contributed by atoms with van der Waals surface area (Å²) in [7, 11) is 0. The molecule has 5 heteroatoms. The monoisotopic (exact) mass is 133 g/mol. The van der Waals surface area contributed by atoms with Gasteiger partial charge in [-0.3, -0.25) is 0 Å². The lowest BCUT2D eigenvalue weighted by atomic mass is 10.5. The molecule has 0 amide bonds. The normalized spacial score (nSPS) is 9.89. The van der Waals surface area contributed by atoms with Gasteiger partial charge in [-0.15, -0.1) is 10.1 Å². The van der Waals surface area contributed by atoms with Crippen LogP contribution in [0.3, 0.4) is 0 Å². The summed E-state index contributed by atoms with van der Waals surface area (Å²) in [6.07, 6.45) is 2.73. The average Bonchev–Trinajstić information content (AvgIpc) is 1.80. The fraction of sp³-hybridized carbons (Fsp3) is 0.500. The molecule has 0 aromatic heterocycles. The van der Waals surface area contributed by atoms with Gasteiger partial charge in [0.25, 0.3) is 5.09 Å². The molecule has 0 saturated carbocycles. The second-order valence-corrected chi connectivity index (χ2v) is 1.17. The third-order valence-electron chi connectivity index (χ3n) is 0.548. The maximum atomic E-state index is 9.45. The van der Waals surface area contributed by atoms with E-state index in [2.05, 4.69) is 4.84 Å². The van der Waals surface area contributed by atoms with E-state index in [4.69, 9.17) is 5.11 Å². The van der Waals surface area contributed by atoms with E-state index < -0.39 is 5.09 Å². The van der Waals surface area contributed by atoms with Gasteiger partial charge in [0.05, 0.1) is 6.61 Å². The number of aliphatic hydroxyl groups excluding tert-OH is 1. The summed E-state index contributed by atoms with van der Waals surface area (Å²) >= 11 is 0. The van der Waals surface area contributed by atoms with E-state index in [1.54, 1.807) is 0 Å². The molecule has 0 radical (unpaired) electrons. The molecule has 0 atom stereocenters. The van der Waals surface area contributed by atoms with Gasteiger partial charge >= 0.3 is 0 Å². The van der Waals surface area contributed by atoms with Crippen molar-refractivity contribution in [2.24, 2.45) is 0 Å². The van der Waals surface area contributed by atoms with Gasteiger partial charge in [-0.2, -0.15) is 0 Å². The number of nitrogens with zero attached hydrogens (tertiary/aromatic N) is 1. The average molecular weight is 133 g/mol. The highest BCUT2D eigenvalue weighted by Gasteiger charge is 1.86. The molecule has 5 nitrogen and oxygen atoms in total. The van der Waals surface area contributed by atoms with Gasteiger partial charge in [0, 0.05) is 0 Å². The molecule has 0 aromatic carbocycles. The minimum absolute atomic E-state index is 0.104. The maximum absolute atomic E-state index is 9.45. The zero-order chi connectivity index (χ0) is 7.11. The zero-order valence-corrected chi connectivity index (χ0v) is 4.69. The van der Waals surface area contributed by atoms with Gasteiger partial charge in [-0.05, 0) is 0 Å². The van der Waals surface area contributed by atoms with E-state index in [-0.39, 0.29) is 13.2 Å². The molecule has 0 aliphatic rings. The Morgan fingerprint density at radius 3 is 2.78 bits per heavy atom. The Morgan fingerprint density at radius 1 is 1.67 bits per heavy atom. The quantitative estimate of drug-likeness (QED) is 0.326. The molecule has 0 saturated heterocycles. The van der Waals surface area contributed by atoms with Crippen molar-refractivity contribution < 1.29 is 15.0 Å². The van der Waals surface area contributed by atoms with Gasteiger partial charge in [-0.25, -0.2) is 0 Å². The van der Waals surface area contributed by atoms with Crippen molar-refractivity contribution in [2.75, 3.05) is 13.2 Å². The summed E-state index contributed by atoms with van der Waals surface area (Å²) in [5, 5.41) is 16.7. The Morgan fingerprint density at radius 2 is 2.33 bits per heavy atom. The first-order valence-electron chi connectivity index (χ1n) is 2.30. The SMILES string of the molecule is O=[N+]([O-])OC/C=C/CO. The standard InChI is InChI=1S/C4H7NO4/c6-3-1-2-4-9-5(7)8/h1-2,6H,3-4H2/b2-1+. The van der Waals surface area contributed by atoms with Crippen LogP contribution in [0.5, 0.6) is 0 Å². The summed E-state index contributed by atoms with van der Waals surface area (Å²) in [4.78, 5) is 13.3. The smallest absolute Gasteiger partial charge is 0.294 e. The highest BCUT2D eigenvalue weighted by atomic mass is 16.9. The molecule has 0 spiro atoms. The first kappa shape index (κ1) is 7.90. The van der Waals surface area contributed by atoms with Crippen LogP contribution in [0.15, 0.2) is 12.2 Å². The predicted molar refractivity (Wildman–Crippen MR) is 29.2 cm³/mol. The van der Waals surface area contributed by atoms with Crippen LogP contribution in [-0.2, 0) is 4.84 Å². The summed E-state index contributed by atoms with van der Waals surface area (Å²) < 4.78 is 0. The molecule has 0 unspecified atom stereocenters. The summed E-state index contributed by atoms with van der Waals surface area (Å²) in [5.41, 5.74) is 0. The summed E-state index contributed by atoms with van der Waals surface area (Å²) in [6.45, 7) is -0.228. The molecule has 0 heterocycles. The minimum Gasteiger partial charge on any atom is -0.392 e. The summed E-state index contributed by atoms with van der Waals surface area (Å²) in [5.74, 6) is 0. The fourth-order valence-corrected chi connectivity index (χ4v) is 0.246. The van der Waals surface area contributed by atoms with Gasteiger partial charge in [0.2, 0.25) is 0 Å². The highest BCUT2D eigenvalue weighted by molar-refractivity contribution is 4.79. The number of rotatable bonds is 4. The lowest BCUT2D eigenvalue weighted by Gasteiger charge is -1.87. The molecule has 52 valence electrons. The number of hydrogen-bond acceptors (Lipinski definition) is 4. The molecule has 0 bridgehead atoms. The van der Waals surface area contributed by atoms with E-state index in [0.29, 0.717) is 0 Å². The molecule has 0 aliphatic carbocycles. The lowest BCUT2D eigenvalue weighted by Crippen LogP contribution is -1.99. The van der Waals surface area contributed by atoms with Crippen LogP contribution in [0.2, 0.25) is 0 Å². The van der Waals surface area contributed by atoms with Crippen molar-refractivity contribution >= 4 is 0 Å². The van der Waals surface area contributed by atoms with E-state index in [1.165, 1.54) is 12.2 Å². The van der Waals surface area contributed by atoms with Crippen molar-refractivity contribution in [3.63, 3.8) is 0 Å². The van der Waals surface area contributed by atoms with E-state index in [0.717, 1.165) is 0 Å². The Bertz CT molecular complexity index is 111. The third-order valence-corrected chi connectivity index (χ3v) is 0.548. The van der Waals surface area contributed by atoms with Crippen molar-refractivity contribution in [2.45, 2.75) is 0 Å². The van der Waals surface area contributed by atoms with Crippen LogP contribution < -0.4 is 0 Å². The lowest BCUT2D eigenvalue weighted by molar-refractivity contribution is -0.755. The Balaban J connectivity index is 3.09. The molecular weight excluding hydrogens is 126 g/mol. The van der Waals surface area contributed by atoms with Crippen LogP contribution in [0.4, 0.5) is 0 Å². The predicted octanol–water partition coefficient (Wildman–Crippen LogP) is -0.257. The molecular formula is C4H7NO4. The molecule has 1 N–H and O–H groups in total. The highest BCUT2D eigenvalue weighted by Crippen LogP contribution is 1.76. The molecule has 0 aromatic rings. The van der Waals surface area contributed by atoms with Crippen LogP contribution in [-0.4, -0.2) is 23.4 Å². The van der Waals surface area contributed by atoms with Gasteiger partial charge in [0.1, 0.15) is 6.61 Å². The van der Waals surface area contributed by atoms with Gasteiger partial charge in [-0.1, -0.05) is 12.2 Å². The van der Waals surface area contributed by atoms with Crippen LogP contribution in [0, 0.1) is 10.1 Å². The van der Waals surface area contributed by atoms with Crippen molar-refractivity contribution in [1.29, 1.82) is 0 Å². The van der Waals surface area contributed by atoms with E-state index >= 15 is 0 Å². The second kappa shape index (κ2) is 5.04. The van der Waals surface area contributed by atoms with Crippen molar-refractivity contribution in [1.82, 2.24) is 0 Å². The topological polar surface area (TPSA) is 72.6 Å². The maximum Gasteiger partial charge on any atom is 0.294 e. The van der Waals surface area contributed by atoms with E-state index in [1.807, 2.05) is 0 Å². The van der Waals surface area contributed by atoms with Crippen LogP contribution in [0.25, 0.3) is 0 Å². The van der Waals surface area contributed by atoms with Crippen molar-refractivity contribution in [3.05, 3.63) is 22.3 Å². The minimum atomic E-state index is -0.887. The largest absolute Gasteiger partial charge is 0.392 e. The molecule has 0 fully saturated rings. The van der Waals surface area contributed by atoms with Crippen molar-refractivity contribution in [3.8, 4) is 0 Å². The number of aliphatic hydroxyl groups is 1. The Kier molecular flexibility index (Phi) is 4.43. The number of hydrogen-bond donors (Lipinski definition) is 1. The van der Waals surface area contributed by atoms with Gasteiger partial charge in [0.15, 0.2) is 0 Å². The molecule has 9 heavy (non-hydrogen) atoms. The van der Waals surface area contributed by atoms with Crippen LogP contribution in [0.1, 0.15) is 0 Å². The second-order valence-electron chi connectivity index (χ2n) is 1.17. The zero-order valence-electron chi connectivity index (χ0n) is 4.69. The Hall–Kier alpha value is -1.10. The third kappa shape index (κ3) is 6.90. The molecule has 0 rings (SSSR count). The fourth-order valence-electron chi connectivity index (χ4n) is 0.246. The van der Waals surface area contributed by atoms with E-state index in [9.17, 15) is 10.1 Å². The first-order chi connectivity index (χ1) is 4.27. The van der Waals surface area contributed by atoms with Gasteiger partial charge < -0.3 is 9.94 Å². The van der Waals surface area contributed by atoms with Crippen LogP contribution >= 0.6 is 0 Å². The molecule has 0 aliphatic heterocycles. The first-order valence-corrected chi connectivity index (χ1v) is 2.30. The summed E-state index contributed by atoms with van der Waals surface area (Å²) in [6, 6.07) is 0. The Labute approximate surface area is 51.7 Å².